The average Bonchev–Trinajstić information content (AvgIpc) is 3.26. The third kappa shape index (κ3) is 5.88. The summed E-state index contributed by atoms with van der Waals surface area (Å²) in [5, 5.41) is 3.07. The number of nitrogens with zero attached hydrogens (tertiary/aromatic N) is 1. The van der Waals surface area contributed by atoms with Crippen LogP contribution in [0.1, 0.15) is 43.0 Å². The molecule has 3 N–H and O–H groups in total. The van der Waals surface area contributed by atoms with E-state index in [0.29, 0.717) is 30.7 Å². The van der Waals surface area contributed by atoms with Crippen LogP contribution in [0.15, 0.2) is 60.7 Å². The Kier molecular flexibility index (Phi) is 8.27. The first kappa shape index (κ1) is 23.3. The zero-order valence-electron chi connectivity index (χ0n) is 18.0. The molecule has 0 aliphatic carbocycles. The van der Waals surface area contributed by atoms with Crippen molar-refractivity contribution in [2.24, 2.45) is 5.73 Å². The van der Waals surface area contributed by atoms with Crippen LogP contribution < -0.4 is 11.1 Å². The summed E-state index contributed by atoms with van der Waals surface area (Å²) in [5.74, 6) is -2.07. The Morgan fingerprint density at radius 3 is 2.16 bits per heavy atom. The van der Waals surface area contributed by atoms with E-state index in [0.717, 1.165) is 28.1 Å². The van der Waals surface area contributed by atoms with E-state index in [2.05, 4.69) is 5.32 Å². The number of unbranched alkanes of at least 4 members (excludes halogenated alkanes) is 2. The normalized spacial score (nSPS) is 11.7. The van der Waals surface area contributed by atoms with E-state index in [4.69, 9.17) is 10.7 Å². The number of primary amides is 1. The zero-order chi connectivity index (χ0) is 22.9. The fraction of sp³-hybridized carbons (Fsp3) is 0.280. The van der Waals surface area contributed by atoms with Crippen molar-refractivity contribution >= 4 is 28.9 Å². The van der Waals surface area contributed by atoms with Gasteiger partial charge in [-0.1, -0.05) is 73.5 Å². The quantitative estimate of drug-likeness (QED) is 0.336. The van der Waals surface area contributed by atoms with Crippen LogP contribution in [0.5, 0.6) is 0 Å². The minimum Gasteiger partial charge on any atom is -0.370 e. The first-order valence-electron chi connectivity index (χ1n) is 10.7. The second kappa shape index (κ2) is 11.3. The second-order valence-corrected chi connectivity index (χ2v) is 8.55. The average molecular weight is 450 g/mol. The zero-order valence-corrected chi connectivity index (χ0v) is 18.9. The van der Waals surface area contributed by atoms with Gasteiger partial charge in [0.15, 0.2) is 0 Å². The number of Topliss-reactive ketones (excluding diaryl/α,β-unsaturated/α-hetero) is 1. The minimum atomic E-state index is -0.631. The molecule has 6 nitrogen and oxygen atoms in total. The Hall–Kier alpha value is -3.32. The molecule has 32 heavy (non-hydrogen) atoms. The lowest BCUT2D eigenvalue weighted by atomic mass is 9.96. The highest BCUT2D eigenvalue weighted by molar-refractivity contribution is 7.16. The summed E-state index contributed by atoms with van der Waals surface area (Å²) in [7, 11) is 1.46. The highest BCUT2D eigenvalue weighted by Gasteiger charge is 2.30. The molecule has 2 aromatic carbocycles. The maximum absolute atomic E-state index is 12.9. The van der Waals surface area contributed by atoms with E-state index in [1.165, 1.54) is 18.4 Å². The fourth-order valence-electron chi connectivity index (χ4n) is 3.54. The maximum atomic E-state index is 12.9. The van der Waals surface area contributed by atoms with Gasteiger partial charge >= 0.3 is 0 Å². The molecule has 3 rings (SSSR count). The van der Waals surface area contributed by atoms with E-state index < -0.39 is 17.6 Å². The Balaban J connectivity index is 1.96. The van der Waals surface area contributed by atoms with Crippen LogP contribution in [-0.4, -0.2) is 29.6 Å². The number of nitrogens with two attached hydrogens (primary N) is 1. The summed E-state index contributed by atoms with van der Waals surface area (Å²) in [6, 6.07) is 19.8. The number of rotatable bonds is 11. The molecule has 166 valence electrons. The van der Waals surface area contributed by atoms with Gasteiger partial charge in [-0.05, 0) is 18.4 Å². The molecule has 1 aromatic heterocycles. The van der Waals surface area contributed by atoms with Gasteiger partial charge in [0, 0.05) is 19.0 Å². The highest BCUT2D eigenvalue weighted by Crippen LogP contribution is 2.40. The molecule has 1 heterocycles. The van der Waals surface area contributed by atoms with Crippen LogP contribution in [0, 0.1) is 0 Å². The number of hydrogen-bond acceptors (Lipinski definition) is 5. The predicted octanol–water partition coefficient (Wildman–Crippen LogP) is 4.31. The molecule has 0 spiro atoms. The monoisotopic (exact) mass is 449 g/mol. The van der Waals surface area contributed by atoms with Crippen molar-refractivity contribution in [1.82, 2.24) is 10.3 Å². The Labute approximate surface area is 191 Å². The Morgan fingerprint density at radius 1 is 0.938 bits per heavy atom. The standard InChI is InChI=1S/C25H27N3O3S/c1-27-24(31)22(30)19(15-9-4-10-16-20(26)29)25-28-21(17-11-5-2-6-12-17)23(32-25)18-13-7-3-8-14-18/h2-3,5-8,11-14,19H,4,9-10,15-16H2,1H3,(H2,26,29)(H,27,31). The molecule has 0 fully saturated rings. The Morgan fingerprint density at radius 2 is 1.56 bits per heavy atom. The first-order valence-corrected chi connectivity index (χ1v) is 11.5. The number of carbonyl (C=O) groups excluding carboxylic acids is 3. The van der Waals surface area contributed by atoms with E-state index in [1.54, 1.807) is 0 Å². The minimum absolute atomic E-state index is 0.321. The molecule has 2 amide bonds. The van der Waals surface area contributed by atoms with Gasteiger partial charge in [0.25, 0.3) is 5.91 Å². The van der Waals surface area contributed by atoms with Crippen LogP contribution in [0.4, 0.5) is 0 Å². The van der Waals surface area contributed by atoms with Gasteiger partial charge in [0.05, 0.1) is 16.5 Å². The molecule has 1 unspecified atom stereocenters. The lowest BCUT2D eigenvalue weighted by Gasteiger charge is -2.12. The molecule has 0 bridgehead atoms. The van der Waals surface area contributed by atoms with E-state index in [1.807, 2.05) is 60.7 Å². The molecule has 0 aliphatic rings. The molecule has 0 aliphatic heterocycles. The SMILES string of the molecule is CNC(=O)C(=O)C(CCCCCC(N)=O)c1nc(-c2ccccc2)c(-c2ccccc2)s1. The second-order valence-electron chi connectivity index (χ2n) is 7.52. The molecule has 0 radical (unpaired) electrons. The van der Waals surface area contributed by atoms with Gasteiger partial charge < -0.3 is 11.1 Å². The van der Waals surface area contributed by atoms with Crippen molar-refractivity contribution in [3.05, 3.63) is 65.7 Å². The molecular weight excluding hydrogens is 422 g/mol. The van der Waals surface area contributed by atoms with Crippen LogP contribution >= 0.6 is 11.3 Å². The number of aromatic nitrogens is 1. The highest BCUT2D eigenvalue weighted by atomic mass is 32.1. The van der Waals surface area contributed by atoms with Gasteiger partial charge in [0.1, 0.15) is 5.01 Å². The van der Waals surface area contributed by atoms with Gasteiger partial charge in [-0.25, -0.2) is 4.98 Å². The third-order valence-electron chi connectivity index (χ3n) is 5.21. The largest absolute Gasteiger partial charge is 0.370 e. The Bertz CT molecular complexity index is 1010. The van der Waals surface area contributed by atoms with Gasteiger partial charge in [-0.15, -0.1) is 11.3 Å². The lowest BCUT2D eigenvalue weighted by molar-refractivity contribution is -0.138. The summed E-state index contributed by atoms with van der Waals surface area (Å²) < 4.78 is 0. The van der Waals surface area contributed by atoms with E-state index in [9.17, 15) is 14.4 Å². The van der Waals surface area contributed by atoms with Crippen molar-refractivity contribution < 1.29 is 14.4 Å². The molecule has 0 saturated heterocycles. The number of thiazole rings is 1. The third-order valence-corrected chi connectivity index (χ3v) is 6.43. The molecule has 3 aromatic rings. The van der Waals surface area contributed by atoms with E-state index >= 15 is 0 Å². The van der Waals surface area contributed by atoms with Crippen LogP contribution in [-0.2, 0) is 14.4 Å². The molecule has 1 atom stereocenters. The van der Waals surface area contributed by atoms with Gasteiger partial charge in [-0.2, -0.15) is 0 Å². The molecule has 0 saturated carbocycles. The molecular formula is C25H27N3O3S. The van der Waals surface area contributed by atoms with Crippen molar-refractivity contribution in [2.45, 2.75) is 38.0 Å². The van der Waals surface area contributed by atoms with Crippen LogP contribution in [0.25, 0.3) is 21.7 Å². The number of likely N-dealkylation sites (N-methyl/N-ethyl adjacent to an activating group) is 1. The van der Waals surface area contributed by atoms with Gasteiger partial charge in [0.2, 0.25) is 11.7 Å². The summed E-state index contributed by atoms with van der Waals surface area (Å²) in [6.45, 7) is 0. The first-order chi connectivity index (χ1) is 15.5. The van der Waals surface area contributed by atoms with Crippen molar-refractivity contribution in [2.75, 3.05) is 7.05 Å². The lowest BCUT2D eigenvalue weighted by Crippen LogP contribution is -2.32. The summed E-state index contributed by atoms with van der Waals surface area (Å²) in [5.41, 5.74) is 7.99. The number of amides is 2. The van der Waals surface area contributed by atoms with Crippen LogP contribution in [0.2, 0.25) is 0 Å². The van der Waals surface area contributed by atoms with Crippen molar-refractivity contribution in [3.63, 3.8) is 0 Å². The van der Waals surface area contributed by atoms with Gasteiger partial charge in [-0.3, -0.25) is 14.4 Å². The number of benzene rings is 2. The summed E-state index contributed by atoms with van der Waals surface area (Å²) in [4.78, 5) is 41.9. The number of nitrogens with one attached hydrogen (secondary N) is 1. The fourth-order valence-corrected chi connectivity index (χ4v) is 4.76. The number of carbonyl (C=O) groups is 3. The smallest absolute Gasteiger partial charge is 0.287 e. The van der Waals surface area contributed by atoms with Crippen LogP contribution in [0.3, 0.4) is 0 Å². The molecule has 7 heteroatoms. The summed E-state index contributed by atoms with van der Waals surface area (Å²) in [6.07, 6.45) is 2.92. The van der Waals surface area contributed by atoms with Crippen molar-refractivity contribution in [1.29, 1.82) is 0 Å². The predicted molar refractivity (Wildman–Crippen MR) is 127 cm³/mol. The number of ketones is 1. The van der Waals surface area contributed by atoms with Crippen molar-refractivity contribution in [3.8, 4) is 21.7 Å². The maximum Gasteiger partial charge on any atom is 0.287 e. The van der Waals surface area contributed by atoms with E-state index in [-0.39, 0.29) is 5.91 Å². The summed E-state index contributed by atoms with van der Waals surface area (Å²) >= 11 is 1.45. The topological polar surface area (TPSA) is 102 Å². The number of hydrogen-bond donors (Lipinski definition) is 2.